The first-order valence-electron chi connectivity index (χ1n) is 5.61. The molecule has 0 atom stereocenters. The molecule has 2 aromatic rings. The molecule has 1 aromatic heterocycles. The molecule has 0 aliphatic carbocycles. The molecule has 0 aliphatic rings. The second kappa shape index (κ2) is 5.44. The van der Waals surface area contributed by atoms with E-state index in [1.165, 1.54) is 9.13 Å². The highest BCUT2D eigenvalue weighted by atomic mass is 79.9. The predicted molar refractivity (Wildman–Crippen MR) is 75.7 cm³/mol. The van der Waals surface area contributed by atoms with Gasteiger partial charge in [0.1, 0.15) is 5.75 Å². The van der Waals surface area contributed by atoms with Crippen LogP contribution in [-0.2, 0) is 13.6 Å². The fraction of sp³-hybridized carbons (Fsp3) is 0.231. The number of aryl methyl sites for hydroxylation is 1. The van der Waals surface area contributed by atoms with Gasteiger partial charge < -0.3 is 13.9 Å². The highest BCUT2D eigenvalue weighted by molar-refractivity contribution is 9.10. The summed E-state index contributed by atoms with van der Waals surface area (Å²) >= 11 is 3.37. The maximum atomic E-state index is 11.9. The van der Waals surface area contributed by atoms with E-state index in [4.69, 9.17) is 4.74 Å². The number of hydrogen-bond donors (Lipinski definition) is 0. The minimum atomic E-state index is -0.549. The molecule has 100 valence electrons. The Morgan fingerprint density at radius 1 is 1.21 bits per heavy atom. The van der Waals surface area contributed by atoms with Gasteiger partial charge in [-0.1, -0.05) is 15.9 Å². The molecule has 0 bridgehead atoms. The number of hydrogen-bond acceptors (Lipinski definition) is 3. The molecule has 1 heterocycles. The molecule has 0 fully saturated rings. The van der Waals surface area contributed by atoms with Crippen LogP contribution in [0.1, 0.15) is 5.56 Å². The maximum Gasteiger partial charge on any atom is 0.316 e. The van der Waals surface area contributed by atoms with Crippen LogP contribution in [0.5, 0.6) is 5.75 Å². The lowest BCUT2D eigenvalue weighted by Gasteiger charge is -2.11. The fourth-order valence-electron chi connectivity index (χ4n) is 1.77. The van der Waals surface area contributed by atoms with E-state index in [-0.39, 0.29) is 6.54 Å². The van der Waals surface area contributed by atoms with Crippen LogP contribution in [0, 0.1) is 0 Å². The summed E-state index contributed by atoms with van der Waals surface area (Å²) in [6.45, 7) is 0.289. The van der Waals surface area contributed by atoms with Crippen molar-refractivity contribution < 1.29 is 4.74 Å². The summed E-state index contributed by atoms with van der Waals surface area (Å²) in [4.78, 5) is 23.4. The zero-order valence-electron chi connectivity index (χ0n) is 10.6. The predicted octanol–water partition coefficient (Wildman–Crippen LogP) is 1.37. The van der Waals surface area contributed by atoms with E-state index in [0.29, 0.717) is 5.75 Å². The number of rotatable bonds is 3. The average molecular weight is 325 g/mol. The number of ether oxygens (including phenoxy) is 1. The van der Waals surface area contributed by atoms with Crippen LogP contribution in [-0.4, -0.2) is 16.2 Å². The summed E-state index contributed by atoms with van der Waals surface area (Å²) < 4.78 is 8.76. The Morgan fingerprint density at radius 2 is 1.95 bits per heavy atom. The minimum Gasteiger partial charge on any atom is -0.496 e. The van der Waals surface area contributed by atoms with Gasteiger partial charge in [0.05, 0.1) is 13.7 Å². The second-order valence-corrected chi connectivity index (χ2v) is 5.02. The molecule has 19 heavy (non-hydrogen) atoms. The highest BCUT2D eigenvalue weighted by Crippen LogP contribution is 2.23. The number of aromatic nitrogens is 2. The molecule has 1 aromatic carbocycles. The molecule has 0 unspecified atom stereocenters. The van der Waals surface area contributed by atoms with Crippen molar-refractivity contribution in [3.63, 3.8) is 0 Å². The molecule has 5 nitrogen and oxygen atoms in total. The Kier molecular flexibility index (Phi) is 3.90. The summed E-state index contributed by atoms with van der Waals surface area (Å²) in [7, 11) is 3.12. The molecule has 0 N–H and O–H groups in total. The summed E-state index contributed by atoms with van der Waals surface area (Å²) in [5.74, 6) is 0.677. The van der Waals surface area contributed by atoms with E-state index in [1.54, 1.807) is 26.6 Å². The third-order valence-corrected chi connectivity index (χ3v) is 3.31. The minimum absolute atomic E-state index is 0.289. The Hall–Kier alpha value is -1.82. The van der Waals surface area contributed by atoms with Crippen LogP contribution in [0.2, 0.25) is 0 Å². The van der Waals surface area contributed by atoms with Gasteiger partial charge in [-0.05, 0) is 18.2 Å². The van der Waals surface area contributed by atoms with Crippen molar-refractivity contribution >= 4 is 15.9 Å². The molecule has 0 saturated heterocycles. The summed E-state index contributed by atoms with van der Waals surface area (Å²) in [5, 5.41) is 0. The standard InChI is InChI=1S/C13H13BrN2O3/c1-15-5-6-16(13(18)12(15)17)8-9-7-10(14)3-4-11(9)19-2/h3-7H,8H2,1-2H3. The van der Waals surface area contributed by atoms with Crippen molar-refractivity contribution in [3.8, 4) is 5.75 Å². The second-order valence-electron chi connectivity index (χ2n) is 4.10. The number of halogens is 1. The van der Waals surface area contributed by atoms with E-state index in [9.17, 15) is 9.59 Å². The van der Waals surface area contributed by atoms with E-state index >= 15 is 0 Å². The first-order chi connectivity index (χ1) is 9.02. The third-order valence-electron chi connectivity index (χ3n) is 2.82. The molecule has 0 saturated carbocycles. The van der Waals surface area contributed by atoms with Crippen molar-refractivity contribution in [1.29, 1.82) is 0 Å². The van der Waals surface area contributed by atoms with Crippen molar-refractivity contribution in [2.24, 2.45) is 7.05 Å². The van der Waals surface area contributed by atoms with Gasteiger partial charge >= 0.3 is 11.1 Å². The van der Waals surface area contributed by atoms with Crippen molar-refractivity contribution in [1.82, 2.24) is 9.13 Å². The van der Waals surface area contributed by atoms with E-state index in [1.807, 2.05) is 18.2 Å². The molecule has 2 rings (SSSR count). The van der Waals surface area contributed by atoms with Crippen LogP contribution in [0.25, 0.3) is 0 Å². The van der Waals surface area contributed by atoms with Crippen LogP contribution < -0.4 is 15.9 Å². The van der Waals surface area contributed by atoms with Gasteiger partial charge in [0.2, 0.25) is 0 Å². The molecule has 0 spiro atoms. The zero-order valence-corrected chi connectivity index (χ0v) is 12.2. The van der Waals surface area contributed by atoms with Gasteiger partial charge in [0.15, 0.2) is 0 Å². The van der Waals surface area contributed by atoms with Crippen LogP contribution in [0.4, 0.5) is 0 Å². The lowest BCUT2D eigenvalue weighted by Crippen LogP contribution is -2.39. The number of methoxy groups -OCH3 is 1. The number of benzene rings is 1. The van der Waals surface area contributed by atoms with E-state index in [2.05, 4.69) is 15.9 Å². The summed E-state index contributed by atoms with van der Waals surface area (Å²) in [6, 6.07) is 5.53. The molecular formula is C13H13BrN2O3. The van der Waals surface area contributed by atoms with Gasteiger partial charge in [-0.2, -0.15) is 0 Å². The molecule has 0 amide bonds. The summed E-state index contributed by atoms with van der Waals surface area (Å²) in [6.07, 6.45) is 3.15. The zero-order chi connectivity index (χ0) is 14.0. The highest BCUT2D eigenvalue weighted by Gasteiger charge is 2.08. The van der Waals surface area contributed by atoms with E-state index < -0.39 is 11.1 Å². The quantitative estimate of drug-likeness (QED) is 0.801. The van der Waals surface area contributed by atoms with E-state index in [0.717, 1.165) is 10.0 Å². The third kappa shape index (κ3) is 2.78. The Morgan fingerprint density at radius 3 is 2.63 bits per heavy atom. The maximum absolute atomic E-state index is 11.9. The van der Waals surface area contributed by atoms with Gasteiger partial charge in [-0.3, -0.25) is 9.59 Å². The van der Waals surface area contributed by atoms with Gasteiger partial charge in [-0.15, -0.1) is 0 Å². The van der Waals surface area contributed by atoms with Crippen LogP contribution in [0.3, 0.4) is 0 Å². The number of nitrogens with zero attached hydrogens (tertiary/aromatic N) is 2. The molecular weight excluding hydrogens is 312 g/mol. The van der Waals surface area contributed by atoms with Crippen LogP contribution in [0.15, 0.2) is 44.7 Å². The largest absolute Gasteiger partial charge is 0.496 e. The lowest BCUT2D eigenvalue weighted by molar-refractivity contribution is 0.408. The van der Waals surface area contributed by atoms with Gasteiger partial charge in [0.25, 0.3) is 0 Å². The lowest BCUT2D eigenvalue weighted by atomic mass is 10.2. The van der Waals surface area contributed by atoms with Gasteiger partial charge in [-0.25, -0.2) is 0 Å². The summed E-state index contributed by atoms with van der Waals surface area (Å²) in [5.41, 5.74) is -0.268. The normalized spacial score (nSPS) is 10.5. The topological polar surface area (TPSA) is 53.2 Å². The van der Waals surface area contributed by atoms with Crippen molar-refractivity contribution in [2.75, 3.05) is 7.11 Å². The Bertz CT molecular complexity index is 719. The van der Waals surface area contributed by atoms with Crippen molar-refractivity contribution in [2.45, 2.75) is 6.54 Å². The smallest absolute Gasteiger partial charge is 0.316 e. The van der Waals surface area contributed by atoms with Gasteiger partial charge in [0, 0.05) is 29.5 Å². The Balaban J connectivity index is 2.47. The molecule has 0 radical (unpaired) electrons. The average Bonchev–Trinajstić information content (AvgIpc) is 2.40. The monoisotopic (exact) mass is 324 g/mol. The van der Waals surface area contributed by atoms with Crippen LogP contribution >= 0.6 is 15.9 Å². The molecule has 0 aliphatic heterocycles. The Labute approximate surface area is 118 Å². The first-order valence-corrected chi connectivity index (χ1v) is 6.40. The first kappa shape index (κ1) is 13.6. The fourth-order valence-corrected chi connectivity index (χ4v) is 2.18. The van der Waals surface area contributed by atoms with Crippen molar-refractivity contribution in [3.05, 3.63) is 61.3 Å². The SMILES string of the molecule is COc1ccc(Br)cc1Cn1ccn(C)c(=O)c1=O. The molecule has 6 heteroatoms.